The van der Waals surface area contributed by atoms with E-state index in [4.69, 9.17) is 4.74 Å². The van der Waals surface area contributed by atoms with E-state index >= 15 is 0 Å². The van der Waals surface area contributed by atoms with Crippen molar-refractivity contribution in [1.82, 2.24) is 10.6 Å². The fourth-order valence-electron chi connectivity index (χ4n) is 2.39. The standard InChI is InChI=1S/C20H30N2O6/c1-19(2,3)28-18(25)21-14(12-13-10-8-7-9-11-13)16(23)22-15(17(24)27-6)20(4,5)26/h7-11,14-15,26H,12H2,1-6H3,(H,21,25)(H,22,23)/t14-,15+/m0/s1. The molecule has 0 spiro atoms. The first-order chi connectivity index (χ1) is 12.8. The number of esters is 1. The van der Waals surface area contributed by atoms with Gasteiger partial charge in [0.05, 0.1) is 12.7 Å². The Morgan fingerprint density at radius 1 is 1.04 bits per heavy atom. The topological polar surface area (TPSA) is 114 Å². The van der Waals surface area contributed by atoms with Crippen LogP contribution < -0.4 is 10.6 Å². The largest absolute Gasteiger partial charge is 0.467 e. The Bertz CT molecular complexity index is 676. The quantitative estimate of drug-likeness (QED) is 0.605. The molecule has 0 heterocycles. The highest BCUT2D eigenvalue weighted by molar-refractivity contribution is 5.90. The second kappa shape index (κ2) is 9.54. The summed E-state index contributed by atoms with van der Waals surface area (Å²) >= 11 is 0. The average molecular weight is 394 g/mol. The van der Waals surface area contributed by atoms with Crippen molar-refractivity contribution in [2.24, 2.45) is 0 Å². The van der Waals surface area contributed by atoms with Crippen LogP contribution in [0.5, 0.6) is 0 Å². The number of hydrogen-bond acceptors (Lipinski definition) is 6. The Kier molecular flexibility index (Phi) is 7.99. The van der Waals surface area contributed by atoms with Crippen LogP contribution >= 0.6 is 0 Å². The van der Waals surface area contributed by atoms with E-state index in [2.05, 4.69) is 15.4 Å². The molecular weight excluding hydrogens is 364 g/mol. The molecule has 2 amide bonds. The molecule has 0 fully saturated rings. The molecule has 0 aliphatic rings. The second-order valence-electron chi connectivity index (χ2n) is 8.01. The molecule has 1 rings (SSSR count). The molecule has 0 bridgehead atoms. The van der Waals surface area contributed by atoms with Crippen LogP contribution in [0.2, 0.25) is 0 Å². The minimum atomic E-state index is -1.56. The smallest absolute Gasteiger partial charge is 0.408 e. The summed E-state index contributed by atoms with van der Waals surface area (Å²) in [6, 6.07) is 6.75. The Balaban J connectivity index is 3.02. The molecule has 0 aliphatic carbocycles. The molecule has 8 nitrogen and oxygen atoms in total. The van der Waals surface area contributed by atoms with Gasteiger partial charge in [0.15, 0.2) is 6.04 Å². The summed E-state index contributed by atoms with van der Waals surface area (Å²) in [4.78, 5) is 37.0. The number of nitrogens with one attached hydrogen (secondary N) is 2. The summed E-state index contributed by atoms with van der Waals surface area (Å²) in [6.07, 6.45) is -0.590. The van der Waals surface area contributed by atoms with E-state index in [1.807, 2.05) is 30.3 Å². The zero-order valence-corrected chi connectivity index (χ0v) is 17.2. The van der Waals surface area contributed by atoms with Gasteiger partial charge in [0.2, 0.25) is 5.91 Å². The Labute approximate surface area is 165 Å². The molecule has 0 unspecified atom stereocenters. The fourth-order valence-corrected chi connectivity index (χ4v) is 2.39. The van der Waals surface area contributed by atoms with Gasteiger partial charge in [-0.15, -0.1) is 0 Å². The van der Waals surface area contributed by atoms with Crippen molar-refractivity contribution < 1.29 is 29.0 Å². The van der Waals surface area contributed by atoms with Gasteiger partial charge in [-0.2, -0.15) is 0 Å². The maximum atomic E-state index is 12.8. The number of carbonyl (C=O) groups excluding carboxylic acids is 3. The molecule has 0 saturated carbocycles. The van der Waals surface area contributed by atoms with Crippen LogP contribution in [0.3, 0.4) is 0 Å². The SMILES string of the molecule is COC(=O)[C@@H](NC(=O)[C@H](Cc1ccccc1)NC(=O)OC(C)(C)C)C(C)(C)O. The van der Waals surface area contributed by atoms with Crippen LogP contribution in [0.4, 0.5) is 4.79 Å². The van der Waals surface area contributed by atoms with Gasteiger partial charge in [-0.3, -0.25) is 4.79 Å². The predicted molar refractivity (Wildman–Crippen MR) is 104 cm³/mol. The van der Waals surface area contributed by atoms with Crippen molar-refractivity contribution in [3.05, 3.63) is 35.9 Å². The number of amides is 2. The van der Waals surface area contributed by atoms with Crippen molar-refractivity contribution in [2.75, 3.05) is 7.11 Å². The summed E-state index contributed by atoms with van der Waals surface area (Å²) < 4.78 is 9.88. The summed E-state index contributed by atoms with van der Waals surface area (Å²) in [7, 11) is 1.16. The highest BCUT2D eigenvalue weighted by atomic mass is 16.6. The molecule has 3 N–H and O–H groups in total. The molecule has 0 radical (unpaired) electrons. The number of rotatable bonds is 7. The number of carbonyl (C=O) groups is 3. The van der Waals surface area contributed by atoms with E-state index in [0.29, 0.717) is 0 Å². The zero-order chi connectivity index (χ0) is 21.5. The summed E-state index contributed by atoms with van der Waals surface area (Å²) in [5.74, 6) is -1.44. The first kappa shape index (κ1) is 23.4. The van der Waals surface area contributed by atoms with Gasteiger partial charge in [0.1, 0.15) is 11.6 Å². The average Bonchev–Trinajstić information content (AvgIpc) is 2.56. The first-order valence-electron chi connectivity index (χ1n) is 8.97. The van der Waals surface area contributed by atoms with Crippen molar-refractivity contribution in [3.8, 4) is 0 Å². The maximum absolute atomic E-state index is 12.8. The molecule has 0 aliphatic heterocycles. The van der Waals surface area contributed by atoms with Crippen LogP contribution in [0, 0.1) is 0 Å². The van der Waals surface area contributed by atoms with Gasteiger partial charge >= 0.3 is 12.1 Å². The van der Waals surface area contributed by atoms with Crippen LogP contribution in [-0.2, 0) is 25.5 Å². The van der Waals surface area contributed by atoms with Gasteiger partial charge in [0, 0.05) is 6.42 Å². The van der Waals surface area contributed by atoms with Gasteiger partial charge in [-0.05, 0) is 40.2 Å². The molecule has 156 valence electrons. The molecule has 0 aromatic heterocycles. The molecule has 28 heavy (non-hydrogen) atoms. The van der Waals surface area contributed by atoms with Crippen LogP contribution in [-0.4, -0.2) is 53.5 Å². The minimum Gasteiger partial charge on any atom is -0.467 e. The summed E-state index contributed by atoms with van der Waals surface area (Å²) in [5, 5.41) is 15.2. The Hall–Kier alpha value is -2.61. The molecule has 1 aromatic carbocycles. The highest BCUT2D eigenvalue weighted by Gasteiger charge is 2.37. The number of hydrogen-bond donors (Lipinski definition) is 3. The van der Waals surface area contributed by atoms with E-state index in [0.717, 1.165) is 12.7 Å². The number of methoxy groups -OCH3 is 1. The highest BCUT2D eigenvalue weighted by Crippen LogP contribution is 2.12. The minimum absolute atomic E-state index is 0.172. The van der Waals surface area contributed by atoms with Crippen LogP contribution in [0.25, 0.3) is 0 Å². The fraction of sp³-hybridized carbons (Fsp3) is 0.550. The molecule has 8 heteroatoms. The lowest BCUT2D eigenvalue weighted by atomic mass is 9.97. The normalized spacial score (nSPS) is 13.8. The number of aliphatic hydroxyl groups is 1. The maximum Gasteiger partial charge on any atom is 0.408 e. The number of alkyl carbamates (subject to hydrolysis) is 1. The number of benzene rings is 1. The van der Waals surface area contributed by atoms with E-state index in [1.165, 1.54) is 13.8 Å². The van der Waals surface area contributed by atoms with Crippen molar-refractivity contribution in [3.63, 3.8) is 0 Å². The lowest BCUT2D eigenvalue weighted by Crippen LogP contribution is -2.59. The van der Waals surface area contributed by atoms with Crippen molar-refractivity contribution >= 4 is 18.0 Å². The van der Waals surface area contributed by atoms with Gasteiger partial charge in [-0.25, -0.2) is 9.59 Å². The van der Waals surface area contributed by atoms with E-state index in [9.17, 15) is 19.5 Å². The third kappa shape index (κ3) is 7.96. The summed E-state index contributed by atoms with van der Waals surface area (Å²) in [5.41, 5.74) is -1.50. The Morgan fingerprint density at radius 2 is 1.61 bits per heavy atom. The van der Waals surface area contributed by atoms with Crippen LogP contribution in [0.15, 0.2) is 30.3 Å². The predicted octanol–water partition coefficient (Wildman–Crippen LogP) is 1.55. The monoisotopic (exact) mass is 394 g/mol. The molecular formula is C20H30N2O6. The van der Waals surface area contributed by atoms with Gasteiger partial charge < -0.3 is 25.2 Å². The van der Waals surface area contributed by atoms with E-state index in [1.54, 1.807) is 20.8 Å². The van der Waals surface area contributed by atoms with E-state index < -0.39 is 41.3 Å². The first-order valence-corrected chi connectivity index (χ1v) is 8.97. The van der Waals surface area contributed by atoms with Crippen molar-refractivity contribution in [1.29, 1.82) is 0 Å². The summed E-state index contributed by atoms with van der Waals surface area (Å²) in [6.45, 7) is 7.88. The lowest BCUT2D eigenvalue weighted by molar-refractivity contribution is -0.152. The van der Waals surface area contributed by atoms with Crippen molar-refractivity contribution in [2.45, 2.75) is 64.3 Å². The van der Waals surface area contributed by atoms with Gasteiger partial charge in [-0.1, -0.05) is 30.3 Å². The molecule has 0 saturated heterocycles. The molecule has 1 aromatic rings. The number of ether oxygens (including phenoxy) is 2. The van der Waals surface area contributed by atoms with E-state index in [-0.39, 0.29) is 6.42 Å². The second-order valence-corrected chi connectivity index (χ2v) is 8.01. The van der Waals surface area contributed by atoms with Gasteiger partial charge in [0.25, 0.3) is 0 Å². The third-order valence-electron chi connectivity index (χ3n) is 3.72. The Morgan fingerprint density at radius 3 is 2.07 bits per heavy atom. The molecule has 2 atom stereocenters. The lowest BCUT2D eigenvalue weighted by Gasteiger charge is -2.30. The zero-order valence-electron chi connectivity index (χ0n) is 17.2. The van der Waals surface area contributed by atoms with Crippen LogP contribution in [0.1, 0.15) is 40.2 Å². The third-order valence-corrected chi connectivity index (χ3v) is 3.72.